The molecule has 0 amide bonds. The van der Waals surface area contributed by atoms with Gasteiger partial charge in [0.1, 0.15) is 0 Å². The number of ether oxygens (including phenoxy) is 4. The molecule has 0 spiro atoms. The topological polar surface area (TPSA) is 128 Å². The average Bonchev–Trinajstić information content (AvgIpc) is 3.17. The predicted octanol–water partition coefficient (Wildman–Crippen LogP) is 5.92. The van der Waals surface area contributed by atoms with Crippen molar-refractivity contribution in [2.75, 3.05) is 28.4 Å². The van der Waals surface area contributed by atoms with Crippen LogP contribution in [0.5, 0.6) is 23.5 Å². The number of alkyl halides is 3. The van der Waals surface area contributed by atoms with E-state index in [4.69, 9.17) is 31.9 Å². The summed E-state index contributed by atoms with van der Waals surface area (Å²) in [6, 6.07) is 21.2. The van der Waals surface area contributed by atoms with Crippen LogP contribution in [0.25, 0.3) is 46.8 Å². The van der Waals surface area contributed by atoms with Crippen LogP contribution in [0.3, 0.4) is 0 Å². The molecule has 11 nitrogen and oxygen atoms in total. The molecule has 6 heterocycles. The van der Waals surface area contributed by atoms with Crippen LogP contribution < -0.4 is 28.1 Å². The Hall–Kier alpha value is -5.80. The van der Waals surface area contributed by atoms with Crippen molar-refractivity contribution in [3.8, 4) is 46.0 Å². The molecular formula is C39H36F3N4O7S+. The number of rotatable bonds is 8. The Morgan fingerprint density at radius 3 is 1.41 bits per heavy atom. The summed E-state index contributed by atoms with van der Waals surface area (Å²) in [5.74, 6) is 2.11. The van der Waals surface area contributed by atoms with Gasteiger partial charge in [-0.25, -0.2) is 8.42 Å². The quantitative estimate of drug-likeness (QED) is 0.108. The maximum Gasteiger partial charge on any atom is 0.485 e. The van der Waals surface area contributed by atoms with Gasteiger partial charge in [-0.1, -0.05) is 24.3 Å². The molecule has 280 valence electrons. The van der Waals surface area contributed by atoms with Gasteiger partial charge >= 0.3 is 5.51 Å². The minimum absolute atomic E-state index is 0.523. The van der Waals surface area contributed by atoms with Crippen LogP contribution in [0.2, 0.25) is 0 Å². The Kier molecular flexibility index (Phi) is 11.0. The number of halogens is 3. The van der Waals surface area contributed by atoms with Crippen LogP contribution >= 0.6 is 0 Å². The standard InChI is InChI=1S/C38H36N4O4.CHF3O3S/c1-43-33-13-11-29(37(39-33)45-3)7-5-25-15-19-41-21-17-27-9-10-28-18-22-42-20-16-26(24-32(42)36(28)35(27)31(41)23-25)6-8-30-12-14-34(44-2)40-38(30)46-4;2-1(3,4)8(5,6)7/h5-16,19-20,23-24H,17-18,21-22H2,1-4H3;(H,5,6,7)/q+2;/p-1. The lowest BCUT2D eigenvalue weighted by atomic mass is 9.84. The Morgan fingerprint density at radius 1 is 0.648 bits per heavy atom. The Balaban J connectivity index is 0.000000561. The molecule has 7 rings (SSSR count). The van der Waals surface area contributed by atoms with Crippen LogP contribution in [0.1, 0.15) is 33.4 Å². The maximum atomic E-state index is 10.7. The van der Waals surface area contributed by atoms with Crippen molar-refractivity contribution in [3.05, 3.63) is 106 Å². The van der Waals surface area contributed by atoms with Crippen LogP contribution in [0, 0.1) is 0 Å². The molecule has 0 saturated carbocycles. The lowest BCUT2D eigenvalue weighted by Gasteiger charge is -2.23. The second-order valence-electron chi connectivity index (χ2n) is 12.2. The summed E-state index contributed by atoms with van der Waals surface area (Å²) in [5, 5.41) is 0. The second kappa shape index (κ2) is 15.7. The first-order chi connectivity index (χ1) is 25.8. The van der Waals surface area contributed by atoms with Crippen LogP contribution in [-0.4, -0.2) is 56.9 Å². The molecule has 0 N–H and O–H groups in total. The van der Waals surface area contributed by atoms with Crippen molar-refractivity contribution in [2.45, 2.75) is 31.4 Å². The molecule has 0 radical (unpaired) electrons. The zero-order valence-electron chi connectivity index (χ0n) is 29.8. The molecule has 5 aromatic rings. The molecule has 0 fully saturated rings. The van der Waals surface area contributed by atoms with Gasteiger partial charge in [-0.05, 0) is 46.5 Å². The fourth-order valence-corrected chi connectivity index (χ4v) is 6.34. The number of pyridine rings is 4. The zero-order valence-corrected chi connectivity index (χ0v) is 30.6. The first-order valence-electron chi connectivity index (χ1n) is 16.6. The number of nitrogens with zero attached hydrogens (tertiary/aromatic N) is 4. The maximum absolute atomic E-state index is 10.7. The van der Waals surface area contributed by atoms with E-state index in [1.807, 2.05) is 36.4 Å². The van der Waals surface area contributed by atoms with Gasteiger partial charge in [0.25, 0.3) is 0 Å². The molecule has 4 aromatic heterocycles. The molecule has 54 heavy (non-hydrogen) atoms. The van der Waals surface area contributed by atoms with Crippen molar-refractivity contribution in [2.24, 2.45) is 0 Å². The van der Waals surface area contributed by atoms with Crippen molar-refractivity contribution in [1.82, 2.24) is 9.97 Å². The molecule has 0 bridgehead atoms. The number of hydrogen-bond donors (Lipinski definition) is 0. The Bertz CT molecular complexity index is 2240. The van der Waals surface area contributed by atoms with Crippen LogP contribution in [0.4, 0.5) is 13.2 Å². The van der Waals surface area contributed by atoms with Crippen molar-refractivity contribution in [3.63, 3.8) is 0 Å². The van der Waals surface area contributed by atoms with E-state index in [0.29, 0.717) is 23.5 Å². The number of benzene rings is 1. The van der Waals surface area contributed by atoms with E-state index in [2.05, 4.69) is 80.0 Å². The number of aromatic nitrogens is 4. The van der Waals surface area contributed by atoms with Gasteiger partial charge in [0.2, 0.25) is 34.9 Å². The van der Waals surface area contributed by atoms with E-state index < -0.39 is 15.6 Å². The molecule has 0 saturated heterocycles. The highest BCUT2D eigenvalue weighted by Crippen LogP contribution is 2.40. The number of aryl methyl sites for hydroxylation is 4. The molecule has 15 heteroatoms. The largest absolute Gasteiger partial charge is 0.741 e. The first kappa shape index (κ1) is 37.9. The molecule has 0 unspecified atom stereocenters. The molecular weight excluding hydrogens is 726 g/mol. The second-order valence-corrected chi connectivity index (χ2v) is 13.6. The monoisotopic (exact) mass is 761 g/mol. The van der Waals surface area contributed by atoms with Crippen molar-refractivity contribution in [1.29, 1.82) is 0 Å². The molecule has 2 aliphatic heterocycles. The van der Waals surface area contributed by atoms with E-state index in [1.54, 1.807) is 28.4 Å². The van der Waals surface area contributed by atoms with Gasteiger partial charge in [-0.15, -0.1) is 0 Å². The third-order valence-electron chi connectivity index (χ3n) is 8.98. The van der Waals surface area contributed by atoms with E-state index in [9.17, 15) is 13.2 Å². The predicted molar refractivity (Wildman–Crippen MR) is 193 cm³/mol. The van der Waals surface area contributed by atoms with Crippen LogP contribution in [0.15, 0.2) is 73.1 Å². The van der Waals surface area contributed by atoms with Gasteiger partial charge in [-0.3, -0.25) is 0 Å². The molecule has 2 aliphatic rings. The highest BCUT2D eigenvalue weighted by Gasteiger charge is 2.37. The van der Waals surface area contributed by atoms with E-state index in [0.717, 1.165) is 48.2 Å². The van der Waals surface area contributed by atoms with E-state index in [1.165, 1.54) is 33.6 Å². The Morgan fingerprint density at radius 2 is 1.06 bits per heavy atom. The zero-order chi connectivity index (χ0) is 38.6. The number of methoxy groups -OCH3 is 4. The summed E-state index contributed by atoms with van der Waals surface area (Å²) in [6.07, 6.45) is 14.7. The third kappa shape index (κ3) is 8.06. The molecule has 0 atom stereocenters. The van der Waals surface area contributed by atoms with E-state index in [-0.39, 0.29) is 0 Å². The highest BCUT2D eigenvalue weighted by molar-refractivity contribution is 7.86. The summed E-state index contributed by atoms with van der Waals surface area (Å²) in [5.41, 5.74) is 6.19. The lowest BCUT2D eigenvalue weighted by Crippen LogP contribution is -2.43. The summed E-state index contributed by atoms with van der Waals surface area (Å²) in [4.78, 5) is 8.85. The summed E-state index contributed by atoms with van der Waals surface area (Å²) >= 11 is 0. The minimum atomic E-state index is -6.09. The average molecular weight is 762 g/mol. The normalized spacial score (nSPS) is 13.3. The minimum Gasteiger partial charge on any atom is -0.741 e. The van der Waals surface area contributed by atoms with Crippen molar-refractivity contribution < 1.29 is 54.2 Å². The Labute approximate surface area is 310 Å². The van der Waals surface area contributed by atoms with Gasteiger partial charge in [-0.2, -0.15) is 32.3 Å². The van der Waals surface area contributed by atoms with Gasteiger partial charge in [0.05, 0.1) is 39.6 Å². The summed E-state index contributed by atoms with van der Waals surface area (Å²) < 4.78 is 85.2. The van der Waals surface area contributed by atoms with Gasteiger partial charge in [0.15, 0.2) is 35.6 Å². The smallest absolute Gasteiger partial charge is 0.485 e. The van der Waals surface area contributed by atoms with Gasteiger partial charge < -0.3 is 23.5 Å². The first-order valence-corrected chi connectivity index (χ1v) is 18.0. The SMILES string of the molecule is COc1ccc(/C=C/c2cc[n+]3c(c2)-c2c(ccc4c2-c2cc(/C=C/c5ccc(OC)nc5OC)cc[n+]2CC4)CC3)c(OC)n1.O=S(=O)([O-])C(F)(F)F. The van der Waals surface area contributed by atoms with Gasteiger partial charge in [0, 0.05) is 60.4 Å². The molecule has 1 aromatic carbocycles. The fourth-order valence-electron chi connectivity index (χ4n) is 6.34. The number of hydrogen-bond acceptors (Lipinski definition) is 9. The van der Waals surface area contributed by atoms with E-state index >= 15 is 0 Å². The van der Waals surface area contributed by atoms with Crippen LogP contribution in [-0.2, 0) is 36.0 Å². The molecule has 0 aliphatic carbocycles. The third-order valence-corrected chi connectivity index (χ3v) is 9.55. The van der Waals surface area contributed by atoms with Crippen molar-refractivity contribution >= 4 is 34.4 Å². The number of fused-ring (bicyclic) bond motifs is 7. The summed E-state index contributed by atoms with van der Waals surface area (Å²) in [7, 11) is 0.361. The summed E-state index contributed by atoms with van der Waals surface area (Å²) in [6.45, 7) is 1.89. The fraction of sp³-hybridized carbons (Fsp3) is 0.231. The lowest BCUT2D eigenvalue weighted by molar-refractivity contribution is -0.689. The highest BCUT2D eigenvalue weighted by atomic mass is 32.2.